The quantitative estimate of drug-likeness (QED) is 0.535. The van der Waals surface area contributed by atoms with Crippen LogP contribution in [0.2, 0.25) is 0 Å². The minimum absolute atomic E-state index is 0.690. The Labute approximate surface area is 70.3 Å². The summed E-state index contributed by atoms with van der Waals surface area (Å²) in [6.07, 6.45) is 0.567. The number of nitrogens with zero attached hydrogens (tertiary/aromatic N) is 2. The number of benzene rings is 1. The first kappa shape index (κ1) is 7.28. The molecular formula is C9H9FN2. The summed E-state index contributed by atoms with van der Waals surface area (Å²) in [7, 11) is 1.62. The Morgan fingerprint density at radius 2 is 2.17 bits per heavy atom. The zero-order valence-corrected chi connectivity index (χ0v) is 6.74. The predicted molar refractivity (Wildman–Crippen MR) is 45.6 cm³/mol. The highest BCUT2D eigenvalue weighted by molar-refractivity contribution is 5.82. The van der Waals surface area contributed by atoms with E-state index in [0.717, 1.165) is 5.56 Å². The predicted octanol–water partition coefficient (Wildman–Crippen LogP) is 1.93. The van der Waals surface area contributed by atoms with E-state index >= 15 is 0 Å². The lowest BCUT2D eigenvalue weighted by atomic mass is 10.1. The third-order valence-corrected chi connectivity index (χ3v) is 1.96. The Bertz CT molecular complexity index is 322. The normalized spacial score (nSPS) is 20.8. The Morgan fingerprint density at radius 3 is 3.00 bits per heavy atom. The van der Waals surface area contributed by atoms with Gasteiger partial charge >= 0.3 is 0 Å². The van der Waals surface area contributed by atoms with Crippen molar-refractivity contribution in [2.75, 3.05) is 7.05 Å². The Kier molecular flexibility index (Phi) is 1.57. The molecule has 0 amide bonds. The second-order valence-electron chi connectivity index (χ2n) is 2.78. The van der Waals surface area contributed by atoms with Crippen molar-refractivity contribution in [3.8, 4) is 0 Å². The third-order valence-electron chi connectivity index (χ3n) is 1.96. The van der Waals surface area contributed by atoms with E-state index in [1.807, 2.05) is 18.2 Å². The van der Waals surface area contributed by atoms with Crippen LogP contribution >= 0.6 is 0 Å². The molecule has 2 rings (SSSR count). The maximum atomic E-state index is 13.4. The van der Waals surface area contributed by atoms with Gasteiger partial charge in [0.25, 0.3) is 0 Å². The summed E-state index contributed by atoms with van der Waals surface area (Å²) in [5.41, 5.74) is 1.55. The summed E-state index contributed by atoms with van der Waals surface area (Å²) in [5, 5.41) is 5.19. The SMILES string of the molecule is CN1N=Cc2ccccc2C1F. The molecule has 1 aliphatic rings. The summed E-state index contributed by atoms with van der Waals surface area (Å²) < 4.78 is 13.4. The molecule has 0 N–H and O–H groups in total. The smallest absolute Gasteiger partial charge is 0.213 e. The van der Waals surface area contributed by atoms with Gasteiger partial charge in [0.15, 0.2) is 0 Å². The molecule has 1 aromatic rings. The van der Waals surface area contributed by atoms with Crippen molar-refractivity contribution in [1.29, 1.82) is 0 Å². The molecule has 0 saturated heterocycles. The van der Waals surface area contributed by atoms with Crippen LogP contribution in [-0.2, 0) is 0 Å². The first-order valence-electron chi connectivity index (χ1n) is 3.79. The molecule has 1 atom stereocenters. The van der Waals surface area contributed by atoms with Crippen LogP contribution in [-0.4, -0.2) is 18.3 Å². The number of hydrazone groups is 1. The fourth-order valence-corrected chi connectivity index (χ4v) is 1.26. The molecule has 0 aliphatic carbocycles. The highest BCUT2D eigenvalue weighted by Gasteiger charge is 2.19. The highest BCUT2D eigenvalue weighted by atomic mass is 19.1. The topological polar surface area (TPSA) is 15.6 Å². The van der Waals surface area contributed by atoms with Crippen molar-refractivity contribution in [1.82, 2.24) is 5.01 Å². The van der Waals surface area contributed by atoms with E-state index < -0.39 is 6.30 Å². The standard InChI is InChI=1S/C9H9FN2/c1-12-9(10)8-5-3-2-4-7(8)6-11-12/h2-6,9H,1H3. The molecule has 2 nitrogen and oxygen atoms in total. The van der Waals surface area contributed by atoms with Crippen LogP contribution < -0.4 is 0 Å². The first-order chi connectivity index (χ1) is 5.79. The molecule has 3 heteroatoms. The molecule has 0 aromatic heterocycles. The second-order valence-corrected chi connectivity index (χ2v) is 2.78. The number of alkyl halides is 1. The number of fused-ring (bicyclic) bond motifs is 1. The first-order valence-corrected chi connectivity index (χ1v) is 3.79. The van der Waals surface area contributed by atoms with Gasteiger partial charge in [-0.05, 0) is 0 Å². The molecular weight excluding hydrogens is 155 g/mol. The van der Waals surface area contributed by atoms with Crippen LogP contribution in [0, 0.1) is 0 Å². The van der Waals surface area contributed by atoms with Crippen molar-refractivity contribution in [3.05, 3.63) is 35.4 Å². The average molecular weight is 164 g/mol. The molecule has 0 fully saturated rings. The van der Waals surface area contributed by atoms with Gasteiger partial charge in [0.2, 0.25) is 6.30 Å². The molecule has 1 aliphatic heterocycles. The number of rotatable bonds is 0. The van der Waals surface area contributed by atoms with E-state index in [-0.39, 0.29) is 0 Å². The summed E-state index contributed by atoms with van der Waals surface area (Å²) >= 11 is 0. The largest absolute Gasteiger partial charge is 0.263 e. The van der Waals surface area contributed by atoms with Crippen LogP contribution in [0.25, 0.3) is 0 Å². The van der Waals surface area contributed by atoms with E-state index in [1.165, 1.54) is 5.01 Å². The second kappa shape index (κ2) is 2.59. The van der Waals surface area contributed by atoms with Crippen LogP contribution in [0.15, 0.2) is 29.4 Å². The lowest BCUT2D eigenvalue weighted by Crippen LogP contribution is -2.20. The van der Waals surface area contributed by atoms with Crippen molar-refractivity contribution in [2.45, 2.75) is 6.30 Å². The molecule has 0 spiro atoms. The van der Waals surface area contributed by atoms with Gasteiger partial charge in [0.1, 0.15) is 0 Å². The molecule has 1 heterocycles. The van der Waals surface area contributed by atoms with Gasteiger partial charge in [-0.1, -0.05) is 24.3 Å². The zero-order chi connectivity index (χ0) is 8.55. The fourth-order valence-electron chi connectivity index (χ4n) is 1.26. The van der Waals surface area contributed by atoms with E-state index in [2.05, 4.69) is 5.10 Å². The fraction of sp³-hybridized carbons (Fsp3) is 0.222. The number of hydrogen-bond acceptors (Lipinski definition) is 2. The molecule has 12 heavy (non-hydrogen) atoms. The summed E-state index contributed by atoms with van der Waals surface area (Å²) in [5.74, 6) is 0. The van der Waals surface area contributed by atoms with Gasteiger partial charge < -0.3 is 0 Å². The highest BCUT2D eigenvalue weighted by Crippen LogP contribution is 2.26. The monoisotopic (exact) mass is 164 g/mol. The Hall–Kier alpha value is -1.38. The van der Waals surface area contributed by atoms with Crippen molar-refractivity contribution >= 4 is 6.21 Å². The lowest BCUT2D eigenvalue weighted by molar-refractivity contribution is 0.112. The Morgan fingerprint density at radius 1 is 1.42 bits per heavy atom. The summed E-state index contributed by atoms with van der Waals surface area (Å²) in [4.78, 5) is 0. The third kappa shape index (κ3) is 0.978. The molecule has 0 saturated carbocycles. The van der Waals surface area contributed by atoms with Crippen molar-refractivity contribution in [3.63, 3.8) is 0 Å². The van der Waals surface area contributed by atoms with Gasteiger partial charge in [0.05, 0.1) is 6.21 Å². The summed E-state index contributed by atoms with van der Waals surface area (Å²) in [6, 6.07) is 7.35. The van der Waals surface area contributed by atoms with E-state index in [1.54, 1.807) is 19.3 Å². The lowest BCUT2D eigenvalue weighted by Gasteiger charge is -2.23. The molecule has 62 valence electrons. The van der Waals surface area contributed by atoms with E-state index in [9.17, 15) is 4.39 Å². The van der Waals surface area contributed by atoms with Gasteiger partial charge in [-0.3, -0.25) is 5.01 Å². The Balaban J connectivity index is 2.52. The van der Waals surface area contributed by atoms with E-state index in [4.69, 9.17) is 0 Å². The molecule has 1 aromatic carbocycles. The van der Waals surface area contributed by atoms with Crippen LogP contribution in [0.5, 0.6) is 0 Å². The van der Waals surface area contributed by atoms with E-state index in [0.29, 0.717) is 5.56 Å². The molecule has 0 radical (unpaired) electrons. The van der Waals surface area contributed by atoms with Gasteiger partial charge in [-0.25, -0.2) is 4.39 Å². The van der Waals surface area contributed by atoms with Gasteiger partial charge in [-0.15, -0.1) is 0 Å². The van der Waals surface area contributed by atoms with Crippen molar-refractivity contribution < 1.29 is 4.39 Å². The minimum atomic E-state index is -1.11. The summed E-state index contributed by atoms with van der Waals surface area (Å²) in [6.45, 7) is 0. The number of halogens is 1. The van der Waals surface area contributed by atoms with Crippen LogP contribution in [0.1, 0.15) is 17.4 Å². The average Bonchev–Trinajstić information content (AvgIpc) is 2.12. The molecule has 1 unspecified atom stereocenters. The minimum Gasteiger partial charge on any atom is -0.263 e. The van der Waals surface area contributed by atoms with Crippen molar-refractivity contribution in [2.24, 2.45) is 5.10 Å². The van der Waals surface area contributed by atoms with Gasteiger partial charge in [-0.2, -0.15) is 5.10 Å². The van der Waals surface area contributed by atoms with Crippen LogP contribution in [0.4, 0.5) is 4.39 Å². The maximum Gasteiger partial charge on any atom is 0.213 e. The number of hydrogen-bond donors (Lipinski definition) is 0. The van der Waals surface area contributed by atoms with Gasteiger partial charge in [0, 0.05) is 18.2 Å². The van der Waals surface area contributed by atoms with Crippen LogP contribution in [0.3, 0.4) is 0 Å². The molecule has 0 bridgehead atoms. The zero-order valence-electron chi connectivity index (χ0n) is 6.74. The maximum absolute atomic E-state index is 13.4.